The zero-order valence-corrected chi connectivity index (χ0v) is 13.4. The van der Waals surface area contributed by atoms with E-state index in [4.69, 9.17) is 16.3 Å². The summed E-state index contributed by atoms with van der Waals surface area (Å²) in [6.07, 6.45) is 2.72. The summed E-state index contributed by atoms with van der Waals surface area (Å²) in [4.78, 5) is 16.5. The summed E-state index contributed by atoms with van der Waals surface area (Å²) in [6.45, 7) is 5.22. The van der Waals surface area contributed by atoms with Gasteiger partial charge >= 0.3 is 6.03 Å². The third-order valence-electron chi connectivity index (χ3n) is 4.24. The van der Waals surface area contributed by atoms with Crippen LogP contribution in [0.5, 0.6) is 0 Å². The van der Waals surface area contributed by atoms with E-state index in [0.29, 0.717) is 11.1 Å². The van der Waals surface area contributed by atoms with E-state index in [1.807, 2.05) is 17.0 Å². The molecule has 0 aromatic heterocycles. The minimum atomic E-state index is -0.0425. The van der Waals surface area contributed by atoms with Crippen LogP contribution in [0.3, 0.4) is 0 Å². The van der Waals surface area contributed by atoms with E-state index >= 15 is 0 Å². The molecule has 2 aliphatic rings. The van der Waals surface area contributed by atoms with E-state index in [1.54, 1.807) is 12.1 Å². The molecule has 2 aliphatic heterocycles. The number of carbonyl (C=O) groups is 1. The molecule has 0 spiro atoms. The van der Waals surface area contributed by atoms with Crippen LogP contribution in [0.25, 0.3) is 0 Å². The van der Waals surface area contributed by atoms with Gasteiger partial charge in [0.1, 0.15) is 0 Å². The zero-order chi connectivity index (χ0) is 15.4. The molecule has 3 rings (SSSR count). The molecule has 1 aromatic rings. The Bertz CT molecular complexity index is 495. The first-order valence-electron chi connectivity index (χ1n) is 7.86. The molecule has 5 nitrogen and oxygen atoms in total. The number of anilines is 1. The third-order valence-corrected chi connectivity index (χ3v) is 4.49. The standard InChI is InChI=1S/C16H22ClN3O2/c17-13-3-5-14(6-4-13)18-16(21)20-9-7-19(8-10-20)12-15-2-1-11-22-15/h3-6,15H,1-2,7-12H2,(H,18,21). The molecule has 2 amide bonds. The van der Waals surface area contributed by atoms with Crippen molar-refractivity contribution in [2.45, 2.75) is 18.9 Å². The predicted molar refractivity (Wildman–Crippen MR) is 87.5 cm³/mol. The van der Waals surface area contributed by atoms with Crippen LogP contribution in [0.1, 0.15) is 12.8 Å². The number of benzene rings is 1. The van der Waals surface area contributed by atoms with Gasteiger partial charge in [0, 0.05) is 50.0 Å². The minimum absolute atomic E-state index is 0.0425. The summed E-state index contributed by atoms with van der Waals surface area (Å²) in [5.41, 5.74) is 0.774. The molecule has 6 heteroatoms. The Hall–Kier alpha value is -1.30. The third kappa shape index (κ3) is 4.12. The first-order chi connectivity index (χ1) is 10.7. The molecule has 2 saturated heterocycles. The number of rotatable bonds is 3. The summed E-state index contributed by atoms with van der Waals surface area (Å²) in [7, 11) is 0. The Morgan fingerprint density at radius 3 is 2.59 bits per heavy atom. The van der Waals surface area contributed by atoms with Gasteiger partial charge in [0.25, 0.3) is 0 Å². The van der Waals surface area contributed by atoms with E-state index in [9.17, 15) is 4.79 Å². The Morgan fingerprint density at radius 2 is 1.95 bits per heavy atom. The molecular formula is C16H22ClN3O2. The predicted octanol–water partition coefficient (Wildman–Crippen LogP) is 2.67. The molecule has 1 aromatic carbocycles. The van der Waals surface area contributed by atoms with Crippen molar-refractivity contribution in [3.05, 3.63) is 29.3 Å². The fourth-order valence-electron chi connectivity index (χ4n) is 2.95. The lowest BCUT2D eigenvalue weighted by atomic mass is 10.2. The Kier molecular flexibility index (Phi) is 5.18. The number of ether oxygens (including phenoxy) is 1. The summed E-state index contributed by atoms with van der Waals surface area (Å²) < 4.78 is 5.67. The first-order valence-corrected chi connectivity index (χ1v) is 8.24. The highest BCUT2D eigenvalue weighted by Crippen LogP contribution is 2.16. The van der Waals surface area contributed by atoms with Crippen LogP contribution in [-0.4, -0.2) is 61.3 Å². The van der Waals surface area contributed by atoms with Crippen molar-refractivity contribution in [2.24, 2.45) is 0 Å². The molecule has 0 saturated carbocycles. The van der Waals surface area contributed by atoms with Crippen molar-refractivity contribution in [3.8, 4) is 0 Å². The highest BCUT2D eigenvalue weighted by atomic mass is 35.5. The van der Waals surface area contributed by atoms with Crippen LogP contribution in [0, 0.1) is 0 Å². The van der Waals surface area contributed by atoms with Gasteiger partial charge in [-0.05, 0) is 37.1 Å². The summed E-state index contributed by atoms with van der Waals surface area (Å²) >= 11 is 5.84. The van der Waals surface area contributed by atoms with E-state index in [1.165, 1.54) is 6.42 Å². The zero-order valence-electron chi connectivity index (χ0n) is 12.6. The van der Waals surface area contributed by atoms with Gasteiger partial charge in [0.2, 0.25) is 0 Å². The SMILES string of the molecule is O=C(Nc1ccc(Cl)cc1)N1CCN(CC2CCCO2)CC1. The topological polar surface area (TPSA) is 44.8 Å². The van der Waals surface area contributed by atoms with Gasteiger partial charge in [-0.1, -0.05) is 11.6 Å². The lowest BCUT2D eigenvalue weighted by Crippen LogP contribution is -2.51. The number of hydrogen-bond donors (Lipinski definition) is 1. The Morgan fingerprint density at radius 1 is 1.23 bits per heavy atom. The van der Waals surface area contributed by atoms with Crippen molar-refractivity contribution in [3.63, 3.8) is 0 Å². The van der Waals surface area contributed by atoms with Gasteiger partial charge in [0.15, 0.2) is 0 Å². The van der Waals surface area contributed by atoms with Crippen molar-refractivity contribution in [1.29, 1.82) is 0 Å². The van der Waals surface area contributed by atoms with Crippen LogP contribution >= 0.6 is 11.6 Å². The van der Waals surface area contributed by atoms with Gasteiger partial charge in [-0.3, -0.25) is 4.90 Å². The molecule has 0 radical (unpaired) electrons. The van der Waals surface area contributed by atoms with E-state index in [2.05, 4.69) is 10.2 Å². The van der Waals surface area contributed by atoms with Gasteiger partial charge in [-0.2, -0.15) is 0 Å². The number of carbonyl (C=O) groups excluding carboxylic acids is 1. The second-order valence-corrected chi connectivity index (χ2v) is 6.30. The largest absolute Gasteiger partial charge is 0.377 e. The number of amides is 2. The number of nitrogens with zero attached hydrogens (tertiary/aromatic N) is 2. The van der Waals surface area contributed by atoms with Crippen molar-refractivity contribution in [2.75, 3.05) is 44.6 Å². The average molecular weight is 324 g/mol. The number of urea groups is 1. The van der Waals surface area contributed by atoms with Crippen LogP contribution in [0.15, 0.2) is 24.3 Å². The monoisotopic (exact) mass is 323 g/mol. The number of hydrogen-bond acceptors (Lipinski definition) is 3. The lowest BCUT2D eigenvalue weighted by Gasteiger charge is -2.35. The lowest BCUT2D eigenvalue weighted by molar-refractivity contribution is 0.0572. The van der Waals surface area contributed by atoms with Crippen molar-refractivity contribution >= 4 is 23.3 Å². The molecule has 0 bridgehead atoms. The molecule has 1 unspecified atom stereocenters. The van der Waals surface area contributed by atoms with Crippen molar-refractivity contribution in [1.82, 2.24) is 9.80 Å². The maximum absolute atomic E-state index is 12.2. The molecular weight excluding hydrogens is 302 g/mol. The van der Waals surface area contributed by atoms with E-state index in [0.717, 1.165) is 51.4 Å². The maximum atomic E-state index is 12.2. The molecule has 2 fully saturated rings. The molecule has 1 N–H and O–H groups in total. The normalized spacial score (nSPS) is 22.8. The van der Waals surface area contributed by atoms with Crippen LogP contribution < -0.4 is 5.32 Å². The molecule has 120 valence electrons. The fourth-order valence-corrected chi connectivity index (χ4v) is 3.07. The van der Waals surface area contributed by atoms with Gasteiger partial charge in [-0.25, -0.2) is 4.79 Å². The smallest absolute Gasteiger partial charge is 0.321 e. The second-order valence-electron chi connectivity index (χ2n) is 5.86. The van der Waals surface area contributed by atoms with E-state index in [-0.39, 0.29) is 6.03 Å². The quantitative estimate of drug-likeness (QED) is 0.930. The molecule has 1 atom stereocenters. The Balaban J connectivity index is 1.44. The highest BCUT2D eigenvalue weighted by Gasteiger charge is 2.24. The minimum Gasteiger partial charge on any atom is -0.377 e. The summed E-state index contributed by atoms with van der Waals surface area (Å²) in [5, 5.41) is 3.58. The van der Waals surface area contributed by atoms with Gasteiger partial charge < -0.3 is 15.0 Å². The van der Waals surface area contributed by atoms with Gasteiger partial charge in [-0.15, -0.1) is 0 Å². The van der Waals surface area contributed by atoms with Gasteiger partial charge in [0.05, 0.1) is 6.10 Å². The second kappa shape index (κ2) is 7.31. The molecule has 2 heterocycles. The summed E-state index contributed by atoms with van der Waals surface area (Å²) in [5.74, 6) is 0. The number of nitrogens with one attached hydrogen (secondary N) is 1. The average Bonchev–Trinajstić information content (AvgIpc) is 3.03. The first kappa shape index (κ1) is 15.6. The highest BCUT2D eigenvalue weighted by molar-refractivity contribution is 6.30. The molecule has 0 aliphatic carbocycles. The summed E-state index contributed by atoms with van der Waals surface area (Å²) in [6, 6.07) is 7.13. The molecule has 22 heavy (non-hydrogen) atoms. The maximum Gasteiger partial charge on any atom is 0.321 e. The van der Waals surface area contributed by atoms with E-state index < -0.39 is 0 Å². The Labute approximate surface area is 136 Å². The fraction of sp³-hybridized carbons (Fsp3) is 0.562. The number of piperazine rings is 1. The van der Waals surface area contributed by atoms with Crippen LogP contribution in [-0.2, 0) is 4.74 Å². The van der Waals surface area contributed by atoms with Crippen LogP contribution in [0.2, 0.25) is 5.02 Å². The number of halogens is 1. The van der Waals surface area contributed by atoms with Crippen LogP contribution in [0.4, 0.5) is 10.5 Å². The van der Waals surface area contributed by atoms with Crippen molar-refractivity contribution < 1.29 is 9.53 Å².